The Hall–Kier alpha value is -4.21. The van der Waals surface area contributed by atoms with Crippen molar-refractivity contribution < 1.29 is 23.4 Å². The molecule has 4 aromatic carbocycles. The largest absolute Gasteiger partial charge is 0.481 e. The Bertz CT molecular complexity index is 1550. The van der Waals surface area contributed by atoms with Gasteiger partial charge in [0.25, 0.3) is 0 Å². The summed E-state index contributed by atoms with van der Waals surface area (Å²) < 4.78 is 31.1. The summed E-state index contributed by atoms with van der Waals surface area (Å²) in [6.45, 7) is 7.08. The van der Waals surface area contributed by atoms with E-state index in [0.29, 0.717) is 11.3 Å². The summed E-state index contributed by atoms with van der Waals surface area (Å²) in [7, 11) is -0.344. The Morgan fingerprint density at radius 1 is 0.897 bits per heavy atom. The van der Waals surface area contributed by atoms with Crippen molar-refractivity contribution in [1.29, 1.82) is 0 Å². The maximum Gasteiger partial charge on any atom is 0.345 e. The molecule has 6 heteroatoms. The average Bonchev–Trinajstić information content (AvgIpc) is 2.90. The molecule has 0 spiro atoms. The Labute approximate surface area is 231 Å². The van der Waals surface area contributed by atoms with E-state index in [-0.39, 0.29) is 23.3 Å². The van der Waals surface area contributed by atoms with Crippen LogP contribution in [0.25, 0.3) is 0 Å². The number of ether oxygens (including phenoxy) is 3. The lowest BCUT2D eigenvalue weighted by Crippen LogP contribution is -2.29. The fourth-order valence-corrected chi connectivity index (χ4v) is 6.80. The highest BCUT2D eigenvalue weighted by atomic mass is 32.2. The van der Waals surface area contributed by atoms with Crippen LogP contribution in [0, 0.1) is 31.5 Å². The first-order valence-corrected chi connectivity index (χ1v) is 13.8. The first kappa shape index (κ1) is 26.4. The van der Waals surface area contributed by atoms with Crippen LogP contribution < -0.4 is 9.47 Å². The van der Waals surface area contributed by atoms with Crippen LogP contribution >= 0.6 is 0 Å². The van der Waals surface area contributed by atoms with Crippen LogP contribution in [-0.2, 0) is 20.4 Å². The van der Waals surface area contributed by atoms with E-state index in [1.807, 2.05) is 50.2 Å². The quantitative estimate of drug-likeness (QED) is 0.133. The highest BCUT2D eigenvalue weighted by Crippen LogP contribution is 2.47. The van der Waals surface area contributed by atoms with Crippen LogP contribution in [0.2, 0.25) is 0 Å². The fraction of sp³-hybridized carbons (Fsp3) is 0.182. The van der Waals surface area contributed by atoms with Crippen LogP contribution in [0.15, 0.2) is 99.6 Å². The zero-order chi connectivity index (χ0) is 27.6. The second-order valence-electron chi connectivity index (χ2n) is 9.72. The van der Waals surface area contributed by atoms with E-state index >= 15 is 0 Å². The van der Waals surface area contributed by atoms with E-state index in [0.717, 1.165) is 37.3 Å². The zero-order valence-corrected chi connectivity index (χ0v) is 23.0. The van der Waals surface area contributed by atoms with Gasteiger partial charge in [0, 0.05) is 17.7 Å². The number of fused-ring (bicyclic) bond motifs is 2. The number of para-hydroxylation sites is 2. The van der Waals surface area contributed by atoms with Crippen LogP contribution in [0.3, 0.4) is 0 Å². The van der Waals surface area contributed by atoms with Gasteiger partial charge >= 0.3 is 5.97 Å². The molecule has 0 saturated carbocycles. The lowest BCUT2D eigenvalue weighted by Gasteiger charge is -2.21. The molecule has 1 aliphatic heterocycles. The number of benzene rings is 4. The lowest BCUT2D eigenvalue weighted by atomic mass is 10.1. The maximum atomic E-state index is 13.4. The molecule has 0 fully saturated rings. The van der Waals surface area contributed by atoms with Crippen molar-refractivity contribution in [2.45, 2.75) is 48.0 Å². The van der Waals surface area contributed by atoms with Crippen molar-refractivity contribution in [3.8, 4) is 29.1 Å². The lowest BCUT2D eigenvalue weighted by molar-refractivity contribution is -0.154. The van der Waals surface area contributed by atoms with Gasteiger partial charge < -0.3 is 14.2 Å². The topological polar surface area (TPSA) is 44.8 Å². The molecule has 4 nitrogen and oxygen atoms in total. The van der Waals surface area contributed by atoms with Crippen LogP contribution in [0.4, 0.5) is 4.39 Å². The SMILES string of the molecule is Cc1cc([S+]2c3ccccc3Oc3ccccc32)cc(C)c1OCC(=O)OC(C)(C)C#Cc1cccc(F)c1. The Morgan fingerprint density at radius 2 is 1.51 bits per heavy atom. The molecule has 0 N–H and O–H groups in total. The molecule has 0 aromatic heterocycles. The molecule has 0 radical (unpaired) electrons. The Morgan fingerprint density at radius 3 is 2.13 bits per heavy atom. The van der Waals surface area contributed by atoms with Gasteiger partial charge in [-0.05, 0) is 81.3 Å². The van der Waals surface area contributed by atoms with Crippen molar-refractivity contribution in [3.63, 3.8) is 0 Å². The van der Waals surface area contributed by atoms with Crippen molar-refractivity contribution in [2.75, 3.05) is 6.61 Å². The highest BCUT2D eigenvalue weighted by molar-refractivity contribution is 7.97. The molecule has 0 saturated heterocycles. The molecule has 0 bridgehead atoms. The standard InChI is InChI=1S/C33H28FO4S/c1-22-18-26(39-29-14-7-5-12-27(29)37-28-13-6-8-15-30(28)39)19-23(2)32(22)36-21-31(35)38-33(3,4)17-16-24-10-9-11-25(34)20-24/h5-15,18-20H,21H2,1-4H3/q+1. The molecule has 0 atom stereocenters. The Balaban J connectivity index is 1.32. The highest BCUT2D eigenvalue weighted by Gasteiger charge is 2.39. The van der Waals surface area contributed by atoms with Gasteiger partial charge in [-0.3, -0.25) is 0 Å². The van der Waals surface area contributed by atoms with Gasteiger partial charge in [0.15, 0.2) is 28.6 Å². The van der Waals surface area contributed by atoms with E-state index in [1.165, 1.54) is 12.1 Å². The molecule has 1 aliphatic rings. The summed E-state index contributed by atoms with van der Waals surface area (Å²) >= 11 is 0. The molecule has 1 heterocycles. The molecule has 0 aliphatic carbocycles. The molecular weight excluding hydrogens is 511 g/mol. The zero-order valence-electron chi connectivity index (χ0n) is 22.2. The summed E-state index contributed by atoms with van der Waals surface area (Å²) in [5.74, 6) is 7.22. The van der Waals surface area contributed by atoms with Gasteiger partial charge in [-0.2, -0.15) is 0 Å². The van der Waals surface area contributed by atoms with Gasteiger partial charge in [0.1, 0.15) is 22.5 Å². The Kier molecular flexibility index (Phi) is 7.36. The summed E-state index contributed by atoms with van der Waals surface area (Å²) in [6.07, 6.45) is 0. The van der Waals surface area contributed by atoms with Crippen molar-refractivity contribution >= 4 is 16.9 Å². The van der Waals surface area contributed by atoms with Crippen LogP contribution in [0.5, 0.6) is 17.2 Å². The number of rotatable bonds is 5. The molecule has 0 unspecified atom stereocenters. The molecule has 196 valence electrons. The number of esters is 1. The summed E-state index contributed by atoms with van der Waals surface area (Å²) in [5, 5.41) is 0. The number of hydrogen-bond acceptors (Lipinski definition) is 4. The predicted octanol–water partition coefficient (Wildman–Crippen LogP) is 7.40. The molecule has 5 rings (SSSR count). The van der Waals surface area contributed by atoms with Gasteiger partial charge in [-0.15, -0.1) is 0 Å². The van der Waals surface area contributed by atoms with E-state index in [4.69, 9.17) is 14.2 Å². The second kappa shape index (κ2) is 10.9. The first-order valence-electron chi connectivity index (χ1n) is 12.5. The number of halogens is 1. The molecule has 4 aromatic rings. The summed E-state index contributed by atoms with van der Waals surface area (Å²) in [4.78, 5) is 16.0. The summed E-state index contributed by atoms with van der Waals surface area (Å²) in [6, 6.07) is 26.4. The monoisotopic (exact) mass is 539 g/mol. The minimum Gasteiger partial charge on any atom is -0.481 e. The first-order chi connectivity index (χ1) is 18.7. The van der Waals surface area contributed by atoms with E-state index in [2.05, 4.69) is 36.1 Å². The van der Waals surface area contributed by atoms with Crippen molar-refractivity contribution in [2.24, 2.45) is 0 Å². The van der Waals surface area contributed by atoms with Crippen LogP contribution in [-0.4, -0.2) is 18.2 Å². The van der Waals surface area contributed by atoms with Gasteiger partial charge in [-0.25, -0.2) is 9.18 Å². The molecular formula is C33H28FO4S+. The summed E-state index contributed by atoms with van der Waals surface area (Å²) in [5.41, 5.74) is 1.30. The minimum atomic E-state index is -1.06. The van der Waals surface area contributed by atoms with Crippen LogP contribution in [0.1, 0.15) is 30.5 Å². The number of carbonyl (C=O) groups excluding carboxylic acids is 1. The number of carbonyl (C=O) groups is 1. The van der Waals surface area contributed by atoms with Crippen molar-refractivity contribution in [3.05, 3.63) is 107 Å². The van der Waals surface area contributed by atoms with Crippen molar-refractivity contribution in [1.82, 2.24) is 0 Å². The predicted molar refractivity (Wildman–Crippen MR) is 150 cm³/mol. The third-order valence-corrected chi connectivity index (χ3v) is 8.32. The van der Waals surface area contributed by atoms with E-state index < -0.39 is 11.6 Å². The fourth-order valence-electron chi connectivity index (χ4n) is 4.41. The van der Waals surface area contributed by atoms with E-state index in [1.54, 1.807) is 26.0 Å². The third-order valence-electron chi connectivity index (χ3n) is 6.06. The van der Waals surface area contributed by atoms with Gasteiger partial charge in [0.05, 0.1) is 0 Å². The number of hydrogen-bond donors (Lipinski definition) is 0. The average molecular weight is 540 g/mol. The third kappa shape index (κ3) is 5.94. The maximum absolute atomic E-state index is 13.4. The normalized spacial score (nSPS) is 12.3. The number of aryl methyl sites for hydroxylation is 2. The molecule has 39 heavy (non-hydrogen) atoms. The minimum absolute atomic E-state index is 0.253. The van der Waals surface area contributed by atoms with Gasteiger partial charge in [-0.1, -0.05) is 42.2 Å². The second-order valence-corrected chi connectivity index (χ2v) is 11.7. The van der Waals surface area contributed by atoms with Gasteiger partial charge in [0.2, 0.25) is 9.79 Å². The van der Waals surface area contributed by atoms with E-state index in [9.17, 15) is 9.18 Å². The smallest absolute Gasteiger partial charge is 0.345 e. The molecule has 0 amide bonds.